The summed E-state index contributed by atoms with van der Waals surface area (Å²) in [6, 6.07) is 18.3. The summed E-state index contributed by atoms with van der Waals surface area (Å²) >= 11 is 0. The van der Waals surface area contributed by atoms with Gasteiger partial charge in [-0.25, -0.2) is 9.97 Å². The first-order valence-corrected chi connectivity index (χ1v) is 8.27. The number of carbonyl (C=O) groups excluding carboxylic acids is 2. The average molecular weight is 361 g/mol. The fourth-order valence-corrected chi connectivity index (χ4v) is 2.50. The van der Waals surface area contributed by atoms with E-state index in [1.807, 2.05) is 43.3 Å². The Hall–Kier alpha value is -3.74. The van der Waals surface area contributed by atoms with Crippen molar-refractivity contribution in [2.75, 3.05) is 11.9 Å². The van der Waals surface area contributed by atoms with Crippen molar-refractivity contribution < 1.29 is 14.7 Å². The number of aromatic nitrogens is 2. The molecule has 1 aromatic heterocycles. The first-order valence-electron chi connectivity index (χ1n) is 8.27. The van der Waals surface area contributed by atoms with Crippen LogP contribution >= 0.6 is 0 Å². The Kier molecular flexibility index (Phi) is 5.41. The molecular weight excluding hydrogens is 344 g/mol. The zero-order valence-electron chi connectivity index (χ0n) is 14.6. The van der Waals surface area contributed by atoms with Crippen LogP contribution in [0.2, 0.25) is 0 Å². The van der Waals surface area contributed by atoms with Crippen molar-refractivity contribution >= 4 is 23.4 Å². The molecule has 0 fully saturated rings. The third kappa shape index (κ3) is 4.88. The van der Waals surface area contributed by atoms with Crippen LogP contribution in [0.3, 0.4) is 0 Å². The molecule has 3 rings (SSSR count). The summed E-state index contributed by atoms with van der Waals surface area (Å²) in [5.74, 6) is -0.544. The summed E-state index contributed by atoms with van der Waals surface area (Å²) in [7, 11) is 0. The standard InChI is InChI=1S/C20H18N4O3/c1-13-22-17(14-5-3-2-4-6-14)11-18(23-13)24-16-9-7-15(8-10-16)20(27)21-12-19(25)26/h2-11H,12H2,1H3,(H,21,27)(H,25,26)(H,22,23,24)/p-1. The monoisotopic (exact) mass is 361 g/mol. The van der Waals surface area contributed by atoms with Gasteiger partial charge < -0.3 is 20.5 Å². The van der Waals surface area contributed by atoms with E-state index >= 15 is 0 Å². The Bertz CT molecular complexity index is 957. The predicted octanol–water partition coefficient (Wildman–Crippen LogP) is 1.68. The molecule has 0 spiro atoms. The first-order chi connectivity index (χ1) is 13.0. The lowest BCUT2D eigenvalue weighted by Crippen LogP contribution is -2.37. The maximum Gasteiger partial charge on any atom is 0.251 e. The summed E-state index contributed by atoms with van der Waals surface area (Å²) in [6.07, 6.45) is 0. The quantitative estimate of drug-likeness (QED) is 0.692. The van der Waals surface area contributed by atoms with Crippen molar-refractivity contribution in [1.82, 2.24) is 15.3 Å². The Morgan fingerprint density at radius 1 is 1.00 bits per heavy atom. The number of nitrogens with zero attached hydrogens (tertiary/aromatic N) is 2. The highest BCUT2D eigenvalue weighted by Crippen LogP contribution is 2.22. The number of aliphatic carboxylic acids is 1. The van der Waals surface area contributed by atoms with Crippen molar-refractivity contribution in [3.05, 3.63) is 72.1 Å². The minimum absolute atomic E-state index is 0.352. The number of amides is 1. The Morgan fingerprint density at radius 3 is 2.37 bits per heavy atom. The summed E-state index contributed by atoms with van der Waals surface area (Å²) in [6.45, 7) is 1.30. The van der Waals surface area contributed by atoms with E-state index in [4.69, 9.17) is 0 Å². The lowest BCUT2D eigenvalue weighted by molar-refractivity contribution is -0.303. The van der Waals surface area contributed by atoms with Gasteiger partial charge in [0, 0.05) is 22.9 Å². The lowest BCUT2D eigenvalue weighted by Gasteiger charge is -2.10. The van der Waals surface area contributed by atoms with Gasteiger partial charge in [0.25, 0.3) is 5.91 Å². The topological polar surface area (TPSA) is 107 Å². The normalized spacial score (nSPS) is 10.3. The van der Waals surface area contributed by atoms with Gasteiger partial charge in [-0.05, 0) is 31.2 Å². The number of nitrogens with one attached hydrogen (secondary N) is 2. The molecule has 27 heavy (non-hydrogen) atoms. The smallest absolute Gasteiger partial charge is 0.251 e. The molecule has 0 saturated heterocycles. The second-order valence-electron chi connectivity index (χ2n) is 5.81. The fraction of sp³-hybridized carbons (Fsp3) is 0.100. The third-order valence-corrected chi connectivity index (χ3v) is 3.72. The first kappa shape index (κ1) is 18.1. The number of carbonyl (C=O) groups is 2. The van der Waals surface area contributed by atoms with Gasteiger partial charge in [0.2, 0.25) is 0 Å². The minimum Gasteiger partial charge on any atom is -0.548 e. The van der Waals surface area contributed by atoms with Gasteiger partial charge in [0.15, 0.2) is 0 Å². The second-order valence-corrected chi connectivity index (χ2v) is 5.81. The van der Waals surface area contributed by atoms with Gasteiger partial charge >= 0.3 is 0 Å². The second kappa shape index (κ2) is 8.09. The van der Waals surface area contributed by atoms with E-state index in [0.717, 1.165) is 16.9 Å². The van der Waals surface area contributed by atoms with E-state index in [1.54, 1.807) is 24.3 Å². The molecule has 2 N–H and O–H groups in total. The van der Waals surface area contributed by atoms with E-state index in [2.05, 4.69) is 20.6 Å². The van der Waals surface area contributed by atoms with Crippen LogP contribution in [0.15, 0.2) is 60.7 Å². The number of carboxylic acid groups (broad SMARTS) is 1. The maximum atomic E-state index is 11.8. The molecule has 136 valence electrons. The van der Waals surface area contributed by atoms with Crippen LogP contribution in [-0.2, 0) is 4.79 Å². The zero-order valence-corrected chi connectivity index (χ0v) is 14.6. The van der Waals surface area contributed by atoms with Gasteiger partial charge in [0.05, 0.1) is 18.2 Å². The van der Waals surface area contributed by atoms with Crippen molar-refractivity contribution in [2.45, 2.75) is 6.92 Å². The molecule has 0 unspecified atom stereocenters. The molecule has 7 heteroatoms. The molecule has 0 aliphatic heterocycles. The number of benzene rings is 2. The number of aryl methyl sites for hydroxylation is 1. The van der Waals surface area contributed by atoms with Crippen LogP contribution in [0.4, 0.5) is 11.5 Å². The Balaban J connectivity index is 1.75. The van der Waals surface area contributed by atoms with Gasteiger partial charge in [-0.2, -0.15) is 0 Å². The largest absolute Gasteiger partial charge is 0.548 e. The van der Waals surface area contributed by atoms with E-state index < -0.39 is 18.4 Å². The maximum absolute atomic E-state index is 11.8. The Labute approximate surface area is 156 Å². The summed E-state index contributed by atoms with van der Waals surface area (Å²) in [5, 5.41) is 15.8. The minimum atomic E-state index is -1.34. The fourth-order valence-electron chi connectivity index (χ4n) is 2.50. The van der Waals surface area contributed by atoms with Crippen LogP contribution in [0.5, 0.6) is 0 Å². The molecule has 0 atom stereocenters. The molecule has 0 aliphatic carbocycles. The third-order valence-electron chi connectivity index (χ3n) is 3.72. The number of rotatable bonds is 6. The van der Waals surface area contributed by atoms with Crippen LogP contribution < -0.4 is 15.7 Å². The number of hydrogen-bond donors (Lipinski definition) is 2. The van der Waals surface area contributed by atoms with Crippen molar-refractivity contribution in [2.24, 2.45) is 0 Å². The van der Waals surface area contributed by atoms with E-state index in [1.165, 1.54) is 0 Å². The van der Waals surface area contributed by atoms with Gasteiger partial charge in [-0.1, -0.05) is 30.3 Å². The Morgan fingerprint density at radius 2 is 1.70 bits per heavy atom. The van der Waals surface area contributed by atoms with Gasteiger partial charge in [-0.3, -0.25) is 4.79 Å². The summed E-state index contributed by atoms with van der Waals surface area (Å²) in [5.41, 5.74) is 2.89. The van der Waals surface area contributed by atoms with Crippen LogP contribution in [-0.4, -0.2) is 28.4 Å². The van der Waals surface area contributed by atoms with Crippen molar-refractivity contribution in [1.29, 1.82) is 0 Å². The van der Waals surface area contributed by atoms with Gasteiger partial charge in [0.1, 0.15) is 11.6 Å². The molecule has 1 amide bonds. The van der Waals surface area contributed by atoms with Crippen molar-refractivity contribution in [3.63, 3.8) is 0 Å². The number of carboxylic acids is 1. The number of anilines is 2. The molecule has 0 bridgehead atoms. The molecule has 0 saturated carbocycles. The molecule has 7 nitrogen and oxygen atoms in total. The highest BCUT2D eigenvalue weighted by atomic mass is 16.4. The molecule has 0 radical (unpaired) electrons. The zero-order chi connectivity index (χ0) is 19.2. The van der Waals surface area contributed by atoms with E-state index in [9.17, 15) is 14.7 Å². The predicted molar refractivity (Wildman–Crippen MR) is 99.3 cm³/mol. The van der Waals surface area contributed by atoms with E-state index in [-0.39, 0.29) is 0 Å². The van der Waals surface area contributed by atoms with E-state index in [0.29, 0.717) is 17.2 Å². The van der Waals surface area contributed by atoms with Crippen LogP contribution in [0.25, 0.3) is 11.3 Å². The molecule has 1 heterocycles. The van der Waals surface area contributed by atoms with Crippen molar-refractivity contribution in [3.8, 4) is 11.3 Å². The van der Waals surface area contributed by atoms with Crippen LogP contribution in [0.1, 0.15) is 16.2 Å². The lowest BCUT2D eigenvalue weighted by atomic mass is 10.1. The molecule has 3 aromatic rings. The summed E-state index contributed by atoms with van der Waals surface area (Å²) < 4.78 is 0. The highest BCUT2D eigenvalue weighted by molar-refractivity contribution is 5.96. The number of hydrogen-bond acceptors (Lipinski definition) is 6. The highest BCUT2D eigenvalue weighted by Gasteiger charge is 2.07. The van der Waals surface area contributed by atoms with Gasteiger partial charge in [-0.15, -0.1) is 0 Å². The van der Waals surface area contributed by atoms with Crippen LogP contribution in [0, 0.1) is 6.92 Å². The average Bonchev–Trinajstić information content (AvgIpc) is 2.67. The molecular formula is C20H17N4O3-. The molecule has 2 aromatic carbocycles. The SMILES string of the molecule is Cc1nc(Nc2ccc(C(=O)NCC(=O)[O-])cc2)cc(-c2ccccc2)n1. The molecule has 0 aliphatic rings. The summed E-state index contributed by atoms with van der Waals surface area (Å²) in [4.78, 5) is 31.1.